The van der Waals surface area contributed by atoms with E-state index in [2.05, 4.69) is 33.0 Å². The molecule has 14 heavy (non-hydrogen) atoms. The highest BCUT2D eigenvalue weighted by Crippen LogP contribution is 2.07. The quantitative estimate of drug-likeness (QED) is 0.592. The zero-order chi connectivity index (χ0) is 11.0. The number of nitrogens with one attached hydrogen (secondary N) is 1. The summed E-state index contributed by atoms with van der Waals surface area (Å²) in [6, 6.07) is 0.988. The van der Waals surface area contributed by atoms with E-state index in [1.807, 2.05) is 0 Å². The van der Waals surface area contributed by atoms with Gasteiger partial charge in [-0.3, -0.25) is 0 Å². The summed E-state index contributed by atoms with van der Waals surface area (Å²) in [5, 5.41) is 12.5. The van der Waals surface area contributed by atoms with E-state index in [0.29, 0.717) is 18.0 Å². The molecule has 3 atom stereocenters. The van der Waals surface area contributed by atoms with Crippen molar-refractivity contribution in [3.63, 3.8) is 0 Å². The van der Waals surface area contributed by atoms with Crippen LogP contribution in [0.5, 0.6) is 0 Å². The van der Waals surface area contributed by atoms with E-state index in [9.17, 15) is 0 Å². The molecule has 0 amide bonds. The Kier molecular flexibility index (Phi) is 8.20. The summed E-state index contributed by atoms with van der Waals surface area (Å²) >= 11 is 0. The maximum Gasteiger partial charge on any atom is 0.0471 e. The van der Waals surface area contributed by atoms with Crippen molar-refractivity contribution >= 4 is 0 Å². The van der Waals surface area contributed by atoms with Gasteiger partial charge >= 0.3 is 0 Å². The standard InChI is InChI=1S/C12H27NO/c1-5-6-7-8-11(3)13-12(4)10(2)9-14/h10-14H,5-9H2,1-4H3. The summed E-state index contributed by atoms with van der Waals surface area (Å²) in [4.78, 5) is 0. The molecule has 0 fully saturated rings. The lowest BCUT2D eigenvalue weighted by molar-refractivity contribution is 0.200. The Labute approximate surface area is 89.1 Å². The fraction of sp³-hybridized carbons (Fsp3) is 1.00. The zero-order valence-corrected chi connectivity index (χ0v) is 10.2. The van der Waals surface area contributed by atoms with Gasteiger partial charge in [0.05, 0.1) is 0 Å². The highest BCUT2D eigenvalue weighted by atomic mass is 16.3. The van der Waals surface area contributed by atoms with Crippen LogP contribution in [0.15, 0.2) is 0 Å². The van der Waals surface area contributed by atoms with E-state index in [-0.39, 0.29) is 6.61 Å². The minimum absolute atomic E-state index is 0.274. The first kappa shape index (κ1) is 13.9. The number of aliphatic hydroxyl groups excluding tert-OH is 1. The molecule has 0 radical (unpaired) electrons. The molecule has 0 rings (SSSR count). The van der Waals surface area contributed by atoms with E-state index in [1.54, 1.807) is 0 Å². The Balaban J connectivity index is 3.54. The molecule has 0 bridgehead atoms. The molecular formula is C12H27NO. The van der Waals surface area contributed by atoms with E-state index in [4.69, 9.17) is 5.11 Å². The number of hydrogen-bond acceptors (Lipinski definition) is 2. The fourth-order valence-corrected chi connectivity index (χ4v) is 1.56. The van der Waals surface area contributed by atoms with Gasteiger partial charge in [0.1, 0.15) is 0 Å². The second kappa shape index (κ2) is 8.25. The van der Waals surface area contributed by atoms with Crippen LogP contribution in [0.2, 0.25) is 0 Å². The van der Waals surface area contributed by atoms with Gasteiger partial charge in [0.25, 0.3) is 0 Å². The molecule has 2 nitrogen and oxygen atoms in total. The van der Waals surface area contributed by atoms with Crippen molar-refractivity contribution in [3.8, 4) is 0 Å². The second-order valence-corrected chi connectivity index (χ2v) is 4.51. The molecule has 0 aromatic rings. The number of rotatable bonds is 8. The van der Waals surface area contributed by atoms with Gasteiger partial charge in [0.15, 0.2) is 0 Å². The van der Waals surface area contributed by atoms with E-state index in [1.165, 1.54) is 25.7 Å². The predicted molar refractivity (Wildman–Crippen MR) is 62.5 cm³/mol. The van der Waals surface area contributed by atoms with Crippen LogP contribution in [0.1, 0.15) is 53.4 Å². The van der Waals surface area contributed by atoms with Gasteiger partial charge < -0.3 is 10.4 Å². The normalized spacial score (nSPS) is 17.8. The van der Waals surface area contributed by atoms with Gasteiger partial charge in [-0.2, -0.15) is 0 Å². The van der Waals surface area contributed by atoms with E-state index >= 15 is 0 Å². The first-order valence-electron chi connectivity index (χ1n) is 5.98. The van der Waals surface area contributed by atoms with Gasteiger partial charge in [-0.1, -0.05) is 33.1 Å². The zero-order valence-electron chi connectivity index (χ0n) is 10.2. The lowest BCUT2D eigenvalue weighted by atomic mass is 10.0. The fourth-order valence-electron chi connectivity index (χ4n) is 1.56. The Bertz CT molecular complexity index is 127. The third kappa shape index (κ3) is 6.39. The maximum atomic E-state index is 8.99. The molecule has 0 aliphatic carbocycles. The molecule has 0 aliphatic rings. The van der Waals surface area contributed by atoms with Crippen molar-refractivity contribution in [2.45, 2.75) is 65.5 Å². The first-order valence-corrected chi connectivity index (χ1v) is 5.98. The van der Waals surface area contributed by atoms with Gasteiger partial charge in [-0.25, -0.2) is 0 Å². The molecule has 0 saturated carbocycles. The predicted octanol–water partition coefficient (Wildman–Crippen LogP) is 2.56. The summed E-state index contributed by atoms with van der Waals surface area (Å²) < 4.78 is 0. The van der Waals surface area contributed by atoms with Crippen LogP contribution in [0.3, 0.4) is 0 Å². The molecule has 86 valence electrons. The van der Waals surface area contributed by atoms with Crippen molar-refractivity contribution in [1.29, 1.82) is 0 Å². The average Bonchev–Trinajstić information content (AvgIpc) is 2.16. The minimum atomic E-state index is 0.274. The molecule has 0 aromatic carbocycles. The molecule has 0 aromatic heterocycles. The maximum absolute atomic E-state index is 8.99. The third-order valence-electron chi connectivity index (χ3n) is 2.93. The number of unbranched alkanes of at least 4 members (excludes halogenated alkanes) is 2. The lowest BCUT2D eigenvalue weighted by Gasteiger charge is -2.24. The SMILES string of the molecule is CCCCCC(C)NC(C)C(C)CO. The largest absolute Gasteiger partial charge is 0.396 e. The smallest absolute Gasteiger partial charge is 0.0471 e. The summed E-state index contributed by atoms with van der Waals surface area (Å²) in [5.74, 6) is 0.351. The third-order valence-corrected chi connectivity index (χ3v) is 2.93. The molecular weight excluding hydrogens is 174 g/mol. The monoisotopic (exact) mass is 201 g/mol. The lowest BCUT2D eigenvalue weighted by Crippen LogP contribution is -2.39. The topological polar surface area (TPSA) is 32.3 Å². The highest BCUT2D eigenvalue weighted by Gasteiger charge is 2.12. The summed E-state index contributed by atoms with van der Waals surface area (Å²) in [6.07, 6.45) is 5.17. The average molecular weight is 201 g/mol. The first-order chi connectivity index (χ1) is 6.61. The molecule has 0 heterocycles. The Morgan fingerprint density at radius 1 is 1.14 bits per heavy atom. The van der Waals surface area contributed by atoms with Crippen LogP contribution < -0.4 is 5.32 Å². The summed E-state index contributed by atoms with van der Waals surface area (Å²) in [7, 11) is 0. The second-order valence-electron chi connectivity index (χ2n) is 4.51. The Hall–Kier alpha value is -0.0800. The van der Waals surface area contributed by atoms with Crippen molar-refractivity contribution in [2.24, 2.45) is 5.92 Å². The van der Waals surface area contributed by atoms with Crippen molar-refractivity contribution < 1.29 is 5.11 Å². The van der Waals surface area contributed by atoms with Crippen LogP contribution in [-0.2, 0) is 0 Å². The highest BCUT2D eigenvalue weighted by molar-refractivity contribution is 4.71. The van der Waals surface area contributed by atoms with Gasteiger partial charge in [0, 0.05) is 18.7 Å². The van der Waals surface area contributed by atoms with Gasteiger partial charge in [0.2, 0.25) is 0 Å². The number of aliphatic hydroxyl groups is 1. The van der Waals surface area contributed by atoms with Gasteiger partial charge in [-0.15, -0.1) is 0 Å². The van der Waals surface area contributed by atoms with Crippen LogP contribution >= 0.6 is 0 Å². The molecule has 0 saturated heterocycles. The van der Waals surface area contributed by atoms with Crippen LogP contribution in [0.4, 0.5) is 0 Å². The Morgan fingerprint density at radius 2 is 1.79 bits per heavy atom. The van der Waals surface area contributed by atoms with E-state index in [0.717, 1.165) is 0 Å². The molecule has 2 heteroatoms. The van der Waals surface area contributed by atoms with Crippen LogP contribution in [0.25, 0.3) is 0 Å². The van der Waals surface area contributed by atoms with Crippen LogP contribution in [0, 0.1) is 5.92 Å². The Morgan fingerprint density at radius 3 is 2.29 bits per heavy atom. The summed E-state index contributed by atoms with van der Waals surface area (Å²) in [6.45, 7) is 8.97. The van der Waals surface area contributed by atoms with Gasteiger partial charge in [-0.05, 0) is 26.2 Å². The molecule has 2 N–H and O–H groups in total. The van der Waals surface area contributed by atoms with Crippen molar-refractivity contribution in [1.82, 2.24) is 5.32 Å². The van der Waals surface area contributed by atoms with Crippen molar-refractivity contribution in [3.05, 3.63) is 0 Å². The van der Waals surface area contributed by atoms with Crippen molar-refractivity contribution in [2.75, 3.05) is 6.61 Å². The number of hydrogen-bond donors (Lipinski definition) is 2. The van der Waals surface area contributed by atoms with Crippen LogP contribution in [-0.4, -0.2) is 23.8 Å². The minimum Gasteiger partial charge on any atom is -0.396 e. The molecule has 0 spiro atoms. The van der Waals surface area contributed by atoms with E-state index < -0.39 is 0 Å². The molecule has 0 aliphatic heterocycles. The summed E-state index contributed by atoms with van der Waals surface area (Å²) in [5.41, 5.74) is 0. The molecule has 3 unspecified atom stereocenters.